The minimum atomic E-state index is -5.83. The van der Waals surface area contributed by atoms with Gasteiger partial charge in [-0.2, -0.15) is 21.6 Å². The molecule has 2 aromatic rings. The van der Waals surface area contributed by atoms with E-state index in [1.54, 1.807) is 24.3 Å². The number of benzene rings is 2. The molecule has 0 aromatic heterocycles. The van der Waals surface area contributed by atoms with Crippen molar-refractivity contribution in [3.8, 4) is 11.8 Å². The normalized spacial score (nSPS) is 15.2. The van der Waals surface area contributed by atoms with Crippen LogP contribution in [0, 0.1) is 11.8 Å². The van der Waals surface area contributed by atoms with Crippen LogP contribution in [0.4, 0.5) is 13.2 Å². The zero-order valence-electron chi connectivity index (χ0n) is 16.4. The second kappa shape index (κ2) is 7.78. The number of hydrogen-bond acceptors (Lipinski definition) is 4. The summed E-state index contributed by atoms with van der Waals surface area (Å²) in [6.07, 6.45) is 1.59. The lowest BCUT2D eigenvalue weighted by atomic mass is 9.75. The van der Waals surface area contributed by atoms with Crippen LogP contribution in [-0.2, 0) is 19.7 Å². The average molecular weight is 450 g/mol. The van der Waals surface area contributed by atoms with E-state index in [2.05, 4.69) is 16.0 Å². The van der Waals surface area contributed by atoms with Gasteiger partial charge in [-0.25, -0.2) is 4.79 Å². The molecule has 9 heteroatoms. The first-order valence-corrected chi connectivity index (χ1v) is 10.4. The van der Waals surface area contributed by atoms with Gasteiger partial charge in [0.2, 0.25) is 0 Å². The summed E-state index contributed by atoms with van der Waals surface area (Å²) in [5, 5.41) is 9.25. The van der Waals surface area contributed by atoms with Crippen molar-refractivity contribution in [2.45, 2.75) is 31.2 Å². The van der Waals surface area contributed by atoms with Crippen molar-refractivity contribution in [2.24, 2.45) is 0 Å². The van der Waals surface area contributed by atoms with Crippen LogP contribution >= 0.6 is 0 Å². The van der Waals surface area contributed by atoms with E-state index in [-0.39, 0.29) is 23.1 Å². The summed E-state index contributed by atoms with van der Waals surface area (Å²) in [6, 6.07) is 10.8. The molecule has 0 radical (unpaired) electrons. The van der Waals surface area contributed by atoms with E-state index < -0.39 is 32.8 Å². The van der Waals surface area contributed by atoms with Gasteiger partial charge in [-0.05, 0) is 47.7 Å². The van der Waals surface area contributed by atoms with Gasteiger partial charge >= 0.3 is 21.6 Å². The maximum Gasteiger partial charge on any atom is 0.534 e. The number of allylic oxidation sites excluding steroid dienone is 1. The summed E-state index contributed by atoms with van der Waals surface area (Å²) in [5.41, 5.74) is -4.60. The van der Waals surface area contributed by atoms with Crippen molar-refractivity contribution in [3.05, 3.63) is 76.4 Å². The van der Waals surface area contributed by atoms with Gasteiger partial charge in [0.15, 0.2) is 0 Å². The first-order chi connectivity index (χ1) is 14.3. The Morgan fingerprint density at radius 2 is 1.81 bits per heavy atom. The van der Waals surface area contributed by atoms with Gasteiger partial charge in [0.25, 0.3) is 0 Å². The minimum Gasteiger partial charge on any atom is -0.478 e. The average Bonchev–Trinajstić information content (AvgIpc) is 2.68. The molecular weight excluding hydrogens is 433 g/mol. The Balaban J connectivity index is 2.06. The molecule has 2 aromatic carbocycles. The molecule has 1 aliphatic rings. The van der Waals surface area contributed by atoms with E-state index in [4.69, 9.17) is 0 Å². The second-order valence-electron chi connectivity index (χ2n) is 7.50. The summed E-state index contributed by atoms with van der Waals surface area (Å²) >= 11 is 0. The van der Waals surface area contributed by atoms with Crippen LogP contribution in [0.3, 0.4) is 0 Å². The fourth-order valence-electron chi connectivity index (χ4n) is 3.15. The zero-order valence-corrected chi connectivity index (χ0v) is 17.3. The Labute approximate surface area is 177 Å². The molecule has 31 heavy (non-hydrogen) atoms. The highest BCUT2D eigenvalue weighted by atomic mass is 32.2. The number of aromatic carboxylic acids is 1. The topological polar surface area (TPSA) is 80.7 Å². The van der Waals surface area contributed by atoms with Crippen LogP contribution < -0.4 is 0 Å². The van der Waals surface area contributed by atoms with Gasteiger partial charge in [-0.1, -0.05) is 43.9 Å². The highest BCUT2D eigenvalue weighted by Crippen LogP contribution is 2.41. The number of fused-ring (bicyclic) bond motifs is 1. The molecule has 0 saturated carbocycles. The largest absolute Gasteiger partial charge is 0.534 e. The SMILES string of the molecule is CC1(C)CC=C(OS(=O)(=O)C(F)(F)F)c2cc(C#Cc3ccccc3C(=O)O)ccc21. The first-order valence-electron chi connectivity index (χ1n) is 9.02. The van der Waals surface area contributed by atoms with Crippen molar-refractivity contribution in [1.29, 1.82) is 0 Å². The number of carboxylic acids is 1. The summed E-state index contributed by atoms with van der Waals surface area (Å²) in [6.45, 7) is 3.73. The molecule has 0 saturated heterocycles. The Morgan fingerprint density at radius 1 is 1.13 bits per heavy atom. The molecule has 0 fully saturated rings. The molecule has 3 rings (SSSR count). The molecule has 0 unspecified atom stereocenters. The van der Waals surface area contributed by atoms with Crippen LogP contribution in [-0.4, -0.2) is 25.0 Å². The lowest BCUT2D eigenvalue weighted by Crippen LogP contribution is -2.27. The Morgan fingerprint density at radius 3 is 2.45 bits per heavy atom. The maximum absolute atomic E-state index is 12.8. The summed E-state index contributed by atoms with van der Waals surface area (Å²) in [5.74, 6) is 3.96. The zero-order chi connectivity index (χ0) is 23.0. The van der Waals surface area contributed by atoms with Crippen LogP contribution in [0.5, 0.6) is 0 Å². The predicted octanol–water partition coefficient (Wildman–Crippen LogP) is 4.67. The highest BCUT2D eigenvalue weighted by molar-refractivity contribution is 7.87. The van der Waals surface area contributed by atoms with E-state index in [1.165, 1.54) is 24.3 Å². The van der Waals surface area contributed by atoms with Gasteiger partial charge < -0.3 is 9.29 Å². The van der Waals surface area contributed by atoms with Gasteiger partial charge in [-0.15, -0.1) is 0 Å². The Kier molecular flexibility index (Phi) is 5.63. The van der Waals surface area contributed by atoms with Crippen molar-refractivity contribution in [3.63, 3.8) is 0 Å². The molecule has 1 N–H and O–H groups in total. The third kappa shape index (κ3) is 4.59. The van der Waals surface area contributed by atoms with Crippen molar-refractivity contribution >= 4 is 21.8 Å². The molecule has 0 spiro atoms. The lowest BCUT2D eigenvalue weighted by molar-refractivity contribution is -0.0509. The number of halogens is 3. The number of rotatable bonds is 3. The molecule has 0 heterocycles. The summed E-state index contributed by atoms with van der Waals surface area (Å²) < 4.78 is 65.8. The molecule has 0 amide bonds. The van der Waals surface area contributed by atoms with E-state index in [9.17, 15) is 31.5 Å². The molecular formula is C22H17F3O5S. The fraction of sp³-hybridized carbons (Fsp3) is 0.227. The predicted molar refractivity (Wildman–Crippen MR) is 108 cm³/mol. The molecule has 0 bridgehead atoms. The number of carboxylic acid groups (broad SMARTS) is 1. The van der Waals surface area contributed by atoms with Crippen molar-refractivity contribution in [1.82, 2.24) is 0 Å². The minimum absolute atomic E-state index is 0.00859. The second-order valence-corrected chi connectivity index (χ2v) is 9.04. The molecule has 1 aliphatic carbocycles. The first kappa shape index (κ1) is 22.4. The van der Waals surface area contributed by atoms with Gasteiger partial charge in [-0.3, -0.25) is 0 Å². The van der Waals surface area contributed by atoms with Gasteiger partial charge in [0.1, 0.15) is 5.76 Å². The van der Waals surface area contributed by atoms with E-state index >= 15 is 0 Å². The molecule has 0 atom stereocenters. The third-order valence-corrected chi connectivity index (χ3v) is 5.76. The lowest BCUT2D eigenvalue weighted by Gasteiger charge is -2.31. The van der Waals surface area contributed by atoms with Gasteiger partial charge in [0, 0.05) is 16.7 Å². The highest BCUT2D eigenvalue weighted by Gasteiger charge is 2.49. The van der Waals surface area contributed by atoms with Crippen molar-refractivity contribution < 1.29 is 35.7 Å². The molecule has 5 nitrogen and oxygen atoms in total. The number of alkyl halides is 3. The van der Waals surface area contributed by atoms with Gasteiger partial charge in [0.05, 0.1) is 5.56 Å². The molecule has 0 aliphatic heterocycles. The number of hydrogen-bond donors (Lipinski definition) is 1. The van der Waals surface area contributed by atoms with Crippen LogP contribution in [0.25, 0.3) is 5.76 Å². The summed E-state index contributed by atoms with van der Waals surface area (Å²) in [4.78, 5) is 11.3. The fourth-order valence-corrected chi connectivity index (χ4v) is 3.63. The summed E-state index contributed by atoms with van der Waals surface area (Å²) in [7, 11) is -5.83. The Hall–Kier alpha value is -3.25. The standard InChI is InChI=1S/C22H17F3O5S/c1-21(2)12-11-19(30-31(28,29)22(23,24)25)17-13-14(8-10-18(17)21)7-9-15-5-3-4-6-16(15)20(26)27/h3-6,8,10-11,13H,12H2,1-2H3,(H,26,27). The quantitative estimate of drug-likeness (QED) is 0.418. The van der Waals surface area contributed by atoms with E-state index in [0.29, 0.717) is 11.1 Å². The smallest absolute Gasteiger partial charge is 0.478 e. The maximum atomic E-state index is 12.8. The van der Waals surface area contributed by atoms with E-state index in [1.807, 2.05) is 13.8 Å². The van der Waals surface area contributed by atoms with Crippen molar-refractivity contribution in [2.75, 3.05) is 0 Å². The number of carbonyl (C=O) groups is 1. The van der Waals surface area contributed by atoms with E-state index in [0.717, 1.165) is 0 Å². The van der Waals surface area contributed by atoms with Crippen LogP contribution in [0.2, 0.25) is 0 Å². The monoisotopic (exact) mass is 450 g/mol. The van der Waals surface area contributed by atoms with Crippen LogP contribution in [0.15, 0.2) is 48.5 Å². The molecule has 162 valence electrons. The third-order valence-electron chi connectivity index (χ3n) is 4.79. The van der Waals surface area contributed by atoms with Crippen LogP contribution in [0.1, 0.15) is 52.9 Å². The Bertz CT molecular complexity index is 1250.